The predicted molar refractivity (Wildman–Crippen MR) is 92.2 cm³/mol. The molecule has 21 heavy (non-hydrogen) atoms. The number of likely N-dealkylation sites (tertiary alicyclic amines) is 1. The molecule has 0 unspecified atom stereocenters. The highest BCUT2D eigenvalue weighted by molar-refractivity contribution is 7.80. The molecule has 1 aromatic carbocycles. The van der Waals surface area contributed by atoms with E-state index in [1.165, 1.54) is 17.7 Å². The van der Waals surface area contributed by atoms with Crippen LogP contribution < -0.4 is 10.1 Å². The van der Waals surface area contributed by atoms with E-state index in [9.17, 15) is 0 Å². The van der Waals surface area contributed by atoms with Crippen molar-refractivity contribution in [2.75, 3.05) is 19.0 Å². The van der Waals surface area contributed by atoms with Crippen molar-refractivity contribution in [2.24, 2.45) is 0 Å². The summed E-state index contributed by atoms with van der Waals surface area (Å²) in [5.41, 5.74) is 0.969. The van der Waals surface area contributed by atoms with Crippen molar-refractivity contribution < 1.29 is 4.74 Å². The molecular weight excluding hydrogens is 300 g/mol. The van der Waals surface area contributed by atoms with Crippen LogP contribution >= 0.6 is 23.6 Å². The Labute approximate surface area is 134 Å². The van der Waals surface area contributed by atoms with Crippen molar-refractivity contribution in [2.45, 2.75) is 18.9 Å². The van der Waals surface area contributed by atoms with Crippen molar-refractivity contribution in [3.05, 3.63) is 46.7 Å². The van der Waals surface area contributed by atoms with Crippen LogP contribution in [0.5, 0.6) is 5.75 Å². The largest absolute Gasteiger partial charge is 0.497 e. The first-order valence-electron chi connectivity index (χ1n) is 7.03. The molecule has 5 heteroatoms. The van der Waals surface area contributed by atoms with Gasteiger partial charge in [-0.1, -0.05) is 12.1 Å². The summed E-state index contributed by atoms with van der Waals surface area (Å²) >= 11 is 7.41. The lowest BCUT2D eigenvalue weighted by atomic mass is 10.2. The van der Waals surface area contributed by atoms with Gasteiger partial charge in [0.15, 0.2) is 5.11 Å². The molecule has 0 bridgehead atoms. The minimum atomic E-state index is 0.413. The van der Waals surface area contributed by atoms with Gasteiger partial charge >= 0.3 is 0 Å². The third-order valence-electron chi connectivity index (χ3n) is 3.71. The number of nitrogens with one attached hydrogen (secondary N) is 1. The number of hydrogen-bond donors (Lipinski definition) is 1. The highest BCUT2D eigenvalue weighted by atomic mass is 32.1. The summed E-state index contributed by atoms with van der Waals surface area (Å²) in [7, 11) is 1.67. The number of nitrogens with zero attached hydrogens (tertiary/aromatic N) is 1. The monoisotopic (exact) mass is 318 g/mol. The average Bonchev–Trinajstić information content (AvgIpc) is 3.18. The van der Waals surface area contributed by atoms with E-state index < -0.39 is 0 Å². The Hall–Kier alpha value is -1.59. The van der Waals surface area contributed by atoms with Gasteiger partial charge in [0.1, 0.15) is 5.75 Å². The second-order valence-corrected chi connectivity index (χ2v) is 6.39. The summed E-state index contributed by atoms with van der Waals surface area (Å²) in [4.78, 5) is 3.68. The summed E-state index contributed by atoms with van der Waals surface area (Å²) in [6, 6.07) is 12.6. The van der Waals surface area contributed by atoms with Crippen LogP contribution in [0, 0.1) is 0 Å². The molecule has 1 saturated heterocycles. The predicted octanol–water partition coefficient (Wildman–Crippen LogP) is 4.29. The molecule has 1 aromatic heterocycles. The molecule has 0 amide bonds. The van der Waals surface area contributed by atoms with Crippen LogP contribution in [0.15, 0.2) is 41.8 Å². The fourth-order valence-corrected chi connectivity index (χ4v) is 3.89. The number of anilines is 1. The van der Waals surface area contributed by atoms with E-state index in [1.54, 1.807) is 18.4 Å². The van der Waals surface area contributed by atoms with E-state index in [0.29, 0.717) is 6.04 Å². The molecule has 1 aliphatic heterocycles. The van der Waals surface area contributed by atoms with Crippen LogP contribution in [0.25, 0.3) is 0 Å². The lowest BCUT2D eigenvalue weighted by Crippen LogP contribution is -2.33. The van der Waals surface area contributed by atoms with Gasteiger partial charge in [0.2, 0.25) is 0 Å². The van der Waals surface area contributed by atoms with Gasteiger partial charge in [-0.25, -0.2) is 0 Å². The molecule has 110 valence electrons. The molecule has 1 aliphatic rings. The molecule has 0 spiro atoms. The van der Waals surface area contributed by atoms with Crippen molar-refractivity contribution >= 4 is 34.4 Å². The lowest BCUT2D eigenvalue weighted by molar-refractivity contribution is 0.411. The Morgan fingerprint density at radius 1 is 1.38 bits per heavy atom. The number of benzene rings is 1. The van der Waals surface area contributed by atoms with Gasteiger partial charge in [0, 0.05) is 23.2 Å². The number of methoxy groups -OCH3 is 1. The zero-order valence-corrected chi connectivity index (χ0v) is 13.5. The Morgan fingerprint density at radius 3 is 3.05 bits per heavy atom. The van der Waals surface area contributed by atoms with E-state index in [-0.39, 0.29) is 0 Å². The highest BCUT2D eigenvalue weighted by Gasteiger charge is 2.28. The van der Waals surface area contributed by atoms with Gasteiger partial charge in [-0.05, 0) is 48.6 Å². The maximum absolute atomic E-state index is 5.60. The van der Waals surface area contributed by atoms with Crippen LogP contribution in [0.1, 0.15) is 23.8 Å². The number of ether oxygens (including phenoxy) is 1. The first kappa shape index (κ1) is 14.4. The maximum Gasteiger partial charge on any atom is 0.173 e. The van der Waals surface area contributed by atoms with Gasteiger partial charge in [-0.3, -0.25) is 0 Å². The fraction of sp³-hybridized carbons (Fsp3) is 0.312. The molecule has 1 atom stereocenters. The topological polar surface area (TPSA) is 24.5 Å². The van der Waals surface area contributed by atoms with E-state index in [2.05, 4.69) is 27.7 Å². The van der Waals surface area contributed by atoms with Gasteiger partial charge in [-0.15, -0.1) is 11.3 Å². The highest BCUT2D eigenvalue weighted by Crippen LogP contribution is 2.35. The lowest BCUT2D eigenvalue weighted by Gasteiger charge is -2.27. The van der Waals surface area contributed by atoms with Gasteiger partial charge in [0.05, 0.1) is 13.2 Å². The number of rotatable bonds is 3. The Morgan fingerprint density at radius 2 is 2.29 bits per heavy atom. The van der Waals surface area contributed by atoms with E-state index in [1.807, 2.05) is 24.3 Å². The van der Waals surface area contributed by atoms with Gasteiger partial charge in [0.25, 0.3) is 0 Å². The summed E-state index contributed by atoms with van der Waals surface area (Å²) in [5.74, 6) is 0.832. The zero-order valence-electron chi connectivity index (χ0n) is 11.9. The third kappa shape index (κ3) is 3.19. The van der Waals surface area contributed by atoms with Crippen LogP contribution in [0.2, 0.25) is 0 Å². The van der Waals surface area contributed by atoms with Crippen molar-refractivity contribution in [3.63, 3.8) is 0 Å². The molecule has 2 heterocycles. The maximum atomic E-state index is 5.60. The zero-order chi connectivity index (χ0) is 14.7. The van der Waals surface area contributed by atoms with Crippen LogP contribution in [0.3, 0.4) is 0 Å². The van der Waals surface area contributed by atoms with E-state index in [4.69, 9.17) is 17.0 Å². The average molecular weight is 318 g/mol. The summed E-state index contributed by atoms with van der Waals surface area (Å²) in [6.45, 7) is 1.01. The normalized spacial score (nSPS) is 17.8. The summed E-state index contributed by atoms with van der Waals surface area (Å²) in [6.07, 6.45) is 2.35. The molecule has 1 fully saturated rings. The number of hydrogen-bond acceptors (Lipinski definition) is 3. The van der Waals surface area contributed by atoms with Gasteiger partial charge in [-0.2, -0.15) is 0 Å². The van der Waals surface area contributed by atoms with Crippen molar-refractivity contribution in [1.29, 1.82) is 0 Å². The summed E-state index contributed by atoms with van der Waals surface area (Å²) < 4.78 is 5.25. The standard InChI is InChI=1S/C16H18N2OS2/c1-19-13-6-2-5-12(11-13)17-16(20)18-9-3-7-14(18)15-8-4-10-21-15/h2,4-6,8,10-11,14H,3,7,9H2,1H3,(H,17,20)/t14-/m0/s1. The number of thiophene rings is 1. The Bertz CT molecular complexity index is 612. The smallest absolute Gasteiger partial charge is 0.173 e. The quantitative estimate of drug-likeness (QED) is 0.853. The van der Waals surface area contributed by atoms with E-state index in [0.717, 1.165) is 23.1 Å². The van der Waals surface area contributed by atoms with Crippen LogP contribution in [0.4, 0.5) is 5.69 Å². The SMILES string of the molecule is COc1cccc(NC(=S)N2CCC[C@H]2c2cccs2)c1. The molecule has 0 aliphatic carbocycles. The third-order valence-corrected chi connectivity index (χ3v) is 5.02. The Balaban J connectivity index is 1.72. The van der Waals surface area contributed by atoms with Crippen LogP contribution in [-0.4, -0.2) is 23.7 Å². The Kier molecular flexibility index (Phi) is 4.41. The molecule has 2 aromatic rings. The minimum absolute atomic E-state index is 0.413. The molecule has 0 radical (unpaired) electrons. The fourth-order valence-electron chi connectivity index (χ4n) is 2.68. The molecule has 3 rings (SSSR count). The molecule has 3 nitrogen and oxygen atoms in total. The molecule has 0 saturated carbocycles. The second kappa shape index (κ2) is 6.45. The van der Waals surface area contributed by atoms with E-state index >= 15 is 0 Å². The molecule has 1 N–H and O–H groups in total. The van der Waals surface area contributed by atoms with Crippen LogP contribution in [-0.2, 0) is 0 Å². The first-order chi connectivity index (χ1) is 10.3. The van der Waals surface area contributed by atoms with Gasteiger partial charge < -0.3 is 15.0 Å². The first-order valence-corrected chi connectivity index (χ1v) is 8.32. The molecular formula is C16H18N2OS2. The minimum Gasteiger partial charge on any atom is -0.497 e. The second-order valence-electron chi connectivity index (χ2n) is 5.03. The van der Waals surface area contributed by atoms with Crippen molar-refractivity contribution in [3.8, 4) is 5.75 Å². The van der Waals surface area contributed by atoms with Crippen molar-refractivity contribution in [1.82, 2.24) is 4.90 Å². The number of thiocarbonyl (C=S) groups is 1. The summed E-state index contributed by atoms with van der Waals surface area (Å²) in [5, 5.41) is 6.25.